The molecule has 0 aliphatic rings. The molecule has 0 unspecified atom stereocenters. The molecule has 5 heteroatoms. The minimum Gasteiger partial charge on any atom is -0.463 e. The van der Waals surface area contributed by atoms with E-state index in [0.29, 0.717) is 24.3 Å². The molecular formula is C17H18N2O3. The highest BCUT2D eigenvalue weighted by Crippen LogP contribution is 2.05. The number of ether oxygens (including phenoxy) is 1. The van der Waals surface area contributed by atoms with Crippen molar-refractivity contribution in [2.75, 3.05) is 6.61 Å². The van der Waals surface area contributed by atoms with Crippen LogP contribution in [0.15, 0.2) is 53.0 Å². The first kappa shape index (κ1) is 15.7. The molecular weight excluding hydrogens is 280 g/mol. The van der Waals surface area contributed by atoms with Crippen LogP contribution in [0.1, 0.15) is 25.0 Å². The van der Waals surface area contributed by atoms with Gasteiger partial charge in [-0.25, -0.2) is 9.48 Å². The Morgan fingerprint density at radius 2 is 2.05 bits per heavy atom. The number of esters is 1. The lowest BCUT2D eigenvalue weighted by Crippen LogP contribution is -2.22. The minimum absolute atomic E-state index is 0.214. The van der Waals surface area contributed by atoms with E-state index in [9.17, 15) is 9.59 Å². The summed E-state index contributed by atoms with van der Waals surface area (Å²) in [4.78, 5) is 23.6. The fourth-order valence-electron chi connectivity index (χ4n) is 1.96. The molecule has 1 aromatic heterocycles. The van der Waals surface area contributed by atoms with E-state index in [-0.39, 0.29) is 5.56 Å². The van der Waals surface area contributed by atoms with Gasteiger partial charge in [-0.3, -0.25) is 4.79 Å². The second-order valence-electron chi connectivity index (χ2n) is 4.82. The molecule has 0 N–H and O–H groups in total. The number of rotatable bonds is 5. The predicted molar refractivity (Wildman–Crippen MR) is 84.3 cm³/mol. The van der Waals surface area contributed by atoms with Crippen LogP contribution in [-0.4, -0.2) is 22.4 Å². The molecule has 0 amide bonds. The smallest absolute Gasteiger partial charge is 0.333 e. The van der Waals surface area contributed by atoms with Gasteiger partial charge in [-0.15, -0.1) is 0 Å². The van der Waals surface area contributed by atoms with Crippen molar-refractivity contribution in [3.63, 3.8) is 0 Å². The van der Waals surface area contributed by atoms with Crippen LogP contribution in [0.25, 0.3) is 6.08 Å². The fraction of sp³-hybridized carbons (Fsp3) is 0.235. The summed E-state index contributed by atoms with van der Waals surface area (Å²) in [6.07, 6.45) is 3.16. The summed E-state index contributed by atoms with van der Waals surface area (Å²) in [5.41, 5.74) is 1.81. The van der Waals surface area contributed by atoms with E-state index >= 15 is 0 Å². The Hall–Kier alpha value is -2.69. The summed E-state index contributed by atoms with van der Waals surface area (Å²) in [6, 6.07) is 11.1. The molecule has 0 bridgehead atoms. The Morgan fingerprint density at radius 1 is 1.32 bits per heavy atom. The van der Waals surface area contributed by atoms with E-state index in [2.05, 4.69) is 5.10 Å². The molecule has 0 spiro atoms. The zero-order valence-electron chi connectivity index (χ0n) is 12.7. The third-order valence-corrected chi connectivity index (χ3v) is 3.05. The highest BCUT2D eigenvalue weighted by atomic mass is 16.5. The van der Waals surface area contributed by atoms with Crippen molar-refractivity contribution in [2.24, 2.45) is 0 Å². The van der Waals surface area contributed by atoms with E-state index in [0.717, 1.165) is 5.56 Å². The number of nitrogens with zero attached hydrogens (tertiary/aromatic N) is 2. The van der Waals surface area contributed by atoms with Gasteiger partial charge in [0, 0.05) is 17.2 Å². The van der Waals surface area contributed by atoms with E-state index < -0.39 is 5.97 Å². The molecule has 5 nitrogen and oxygen atoms in total. The fourth-order valence-corrected chi connectivity index (χ4v) is 1.96. The van der Waals surface area contributed by atoms with Crippen molar-refractivity contribution < 1.29 is 9.53 Å². The van der Waals surface area contributed by atoms with Crippen LogP contribution in [0, 0.1) is 0 Å². The molecule has 0 fully saturated rings. The first-order valence-electron chi connectivity index (χ1n) is 7.06. The average molecular weight is 298 g/mol. The van der Waals surface area contributed by atoms with Gasteiger partial charge >= 0.3 is 5.97 Å². The Kier molecular flexibility index (Phi) is 5.25. The molecule has 0 atom stereocenters. The predicted octanol–water partition coefficient (Wildman–Crippen LogP) is 2.26. The molecule has 0 saturated heterocycles. The SMILES string of the molecule is CCOC(=O)/C(C)=C/c1cnn(Cc2ccccc2)c(=O)c1. The topological polar surface area (TPSA) is 61.2 Å². The third kappa shape index (κ3) is 4.15. The van der Waals surface area contributed by atoms with E-state index in [1.54, 1.807) is 26.1 Å². The summed E-state index contributed by atoms with van der Waals surface area (Å²) >= 11 is 0. The van der Waals surface area contributed by atoms with E-state index in [1.165, 1.54) is 10.7 Å². The van der Waals surface area contributed by atoms with Gasteiger partial charge in [0.05, 0.1) is 19.3 Å². The van der Waals surface area contributed by atoms with Gasteiger partial charge in [0.2, 0.25) is 0 Å². The maximum absolute atomic E-state index is 12.1. The molecule has 0 radical (unpaired) electrons. The van der Waals surface area contributed by atoms with Gasteiger partial charge < -0.3 is 4.74 Å². The molecule has 2 rings (SSSR count). The van der Waals surface area contributed by atoms with E-state index in [1.807, 2.05) is 30.3 Å². The number of benzene rings is 1. The average Bonchev–Trinajstić information content (AvgIpc) is 2.51. The van der Waals surface area contributed by atoms with Crippen molar-refractivity contribution in [2.45, 2.75) is 20.4 Å². The standard InChI is InChI=1S/C17H18N2O3/c1-3-22-17(21)13(2)9-15-10-16(20)19(18-11-15)12-14-7-5-4-6-8-14/h4-11H,3,12H2,1-2H3/b13-9+. The van der Waals surface area contributed by atoms with Crippen molar-refractivity contribution in [1.82, 2.24) is 9.78 Å². The van der Waals surface area contributed by atoms with Gasteiger partial charge in [-0.2, -0.15) is 5.10 Å². The maximum Gasteiger partial charge on any atom is 0.333 e. The maximum atomic E-state index is 12.1. The number of aromatic nitrogens is 2. The number of hydrogen-bond donors (Lipinski definition) is 0. The second-order valence-corrected chi connectivity index (χ2v) is 4.82. The molecule has 0 aliphatic heterocycles. The van der Waals surface area contributed by atoms with Crippen LogP contribution >= 0.6 is 0 Å². The number of carbonyl (C=O) groups excluding carboxylic acids is 1. The van der Waals surface area contributed by atoms with Crippen LogP contribution in [0.5, 0.6) is 0 Å². The Labute approximate surface area is 128 Å². The molecule has 22 heavy (non-hydrogen) atoms. The van der Waals surface area contributed by atoms with Gasteiger partial charge in [-0.1, -0.05) is 30.3 Å². The Balaban J connectivity index is 2.18. The minimum atomic E-state index is -0.393. The normalized spacial score (nSPS) is 11.3. The van der Waals surface area contributed by atoms with Gasteiger partial charge in [0.15, 0.2) is 0 Å². The van der Waals surface area contributed by atoms with Crippen molar-refractivity contribution in [1.29, 1.82) is 0 Å². The van der Waals surface area contributed by atoms with Crippen molar-refractivity contribution >= 4 is 12.0 Å². The monoisotopic (exact) mass is 298 g/mol. The third-order valence-electron chi connectivity index (χ3n) is 3.05. The zero-order chi connectivity index (χ0) is 15.9. The first-order valence-corrected chi connectivity index (χ1v) is 7.06. The van der Waals surface area contributed by atoms with Gasteiger partial charge in [-0.05, 0) is 25.5 Å². The van der Waals surface area contributed by atoms with Gasteiger partial charge in [0.25, 0.3) is 5.56 Å². The van der Waals surface area contributed by atoms with Crippen LogP contribution in [0.3, 0.4) is 0 Å². The lowest BCUT2D eigenvalue weighted by Gasteiger charge is -2.05. The van der Waals surface area contributed by atoms with Crippen LogP contribution in [0.4, 0.5) is 0 Å². The summed E-state index contributed by atoms with van der Waals surface area (Å²) in [7, 11) is 0. The highest BCUT2D eigenvalue weighted by Gasteiger charge is 2.06. The molecule has 114 valence electrons. The van der Waals surface area contributed by atoms with Crippen molar-refractivity contribution in [3.05, 3.63) is 69.6 Å². The van der Waals surface area contributed by atoms with Crippen LogP contribution < -0.4 is 5.56 Å². The largest absolute Gasteiger partial charge is 0.463 e. The Bertz CT molecular complexity index is 733. The van der Waals surface area contributed by atoms with Crippen molar-refractivity contribution in [3.8, 4) is 0 Å². The lowest BCUT2D eigenvalue weighted by atomic mass is 10.2. The van der Waals surface area contributed by atoms with E-state index in [4.69, 9.17) is 4.74 Å². The summed E-state index contributed by atoms with van der Waals surface area (Å²) in [6.45, 7) is 4.13. The first-order chi connectivity index (χ1) is 10.6. The summed E-state index contributed by atoms with van der Waals surface area (Å²) in [5, 5.41) is 4.14. The second kappa shape index (κ2) is 7.36. The summed E-state index contributed by atoms with van der Waals surface area (Å²) < 4.78 is 6.28. The zero-order valence-corrected chi connectivity index (χ0v) is 12.7. The molecule has 1 aromatic carbocycles. The lowest BCUT2D eigenvalue weighted by molar-refractivity contribution is -0.138. The summed E-state index contributed by atoms with van der Waals surface area (Å²) in [5.74, 6) is -0.393. The molecule has 0 saturated carbocycles. The van der Waals surface area contributed by atoms with Crippen LogP contribution in [0.2, 0.25) is 0 Å². The highest BCUT2D eigenvalue weighted by molar-refractivity contribution is 5.92. The molecule has 2 aromatic rings. The molecule has 1 heterocycles. The number of hydrogen-bond acceptors (Lipinski definition) is 4. The number of carbonyl (C=O) groups is 1. The van der Waals surface area contributed by atoms with Crippen LogP contribution in [-0.2, 0) is 16.1 Å². The van der Waals surface area contributed by atoms with Gasteiger partial charge in [0.1, 0.15) is 0 Å². The molecule has 0 aliphatic carbocycles. The quantitative estimate of drug-likeness (QED) is 0.627. The Morgan fingerprint density at radius 3 is 2.68 bits per heavy atom.